The normalized spacial score (nSPS) is 12.3. The van der Waals surface area contributed by atoms with Gasteiger partial charge in [-0.15, -0.1) is 35.3 Å². The third-order valence-corrected chi connectivity index (χ3v) is 4.32. The second kappa shape index (κ2) is 13.2. The molecule has 8 heteroatoms. The molecule has 0 bridgehead atoms. The highest BCUT2D eigenvalue weighted by atomic mass is 127. The Morgan fingerprint density at radius 3 is 2.56 bits per heavy atom. The number of carbonyl (C=O) groups excluding carboxylic acids is 1. The van der Waals surface area contributed by atoms with Crippen LogP contribution in [0.3, 0.4) is 0 Å². The minimum absolute atomic E-state index is 0. The fraction of sp³-hybridized carbons (Fsp3) is 0.647. The lowest BCUT2D eigenvalue weighted by atomic mass is 10.0. The predicted molar refractivity (Wildman–Crippen MR) is 116 cm³/mol. The van der Waals surface area contributed by atoms with Crippen LogP contribution in [0.2, 0.25) is 0 Å². The van der Waals surface area contributed by atoms with Crippen LogP contribution in [0.4, 0.5) is 4.79 Å². The van der Waals surface area contributed by atoms with Crippen molar-refractivity contribution in [2.75, 3.05) is 20.2 Å². The number of amides is 1. The fourth-order valence-corrected chi connectivity index (χ4v) is 3.12. The van der Waals surface area contributed by atoms with Crippen LogP contribution in [0, 0.1) is 12.8 Å². The van der Waals surface area contributed by atoms with Crippen LogP contribution < -0.4 is 16.0 Å². The molecule has 0 spiro atoms. The second-order valence-corrected chi connectivity index (χ2v) is 7.38. The molecule has 0 fully saturated rings. The van der Waals surface area contributed by atoms with E-state index in [1.54, 1.807) is 25.3 Å². The average molecular weight is 482 g/mol. The summed E-state index contributed by atoms with van der Waals surface area (Å²) in [7, 11) is 1.74. The van der Waals surface area contributed by atoms with Crippen molar-refractivity contribution in [2.24, 2.45) is 10.9 Å². The van der Waals surface area contributed by atoms with E-state index in [1.807, 2.05) is 0 Å². The molecule has 0 radical (unpaired) electrons. The van der Waals surface area contributed by atoms with Crippen molar-refractivity contribution >= 4 is 47.4 Å². The maximum atomic E-state index is 11.7. The van der Waals surface area contributed by atoms with Crippen molar-refractivity contribution < 1.29 is 9.53 Å². The number of halogens is 1. The van der Waals surface area contributed by atoms with Gasteiger partial charge in [-0.1, -0.05) is 13.8 Å². The molecule has 25 heavy (non-hydrogen) atoms. The minimum Gasteiger partial charge on any atom is -0.450 e. The summed E-state index contributed by atoms with van der Waals surface area (Å²) in [5.74, 6) is 1.20. The van der Waals surface area contributed by atoms with E-state index in [4.69, 9.17) is 4.74 Å². The number of ether oxygens (including phenoxy) is 1. The molecule has 6 nitrogen and oxygen atoms in total. The summed E-state index contributed by atoms with van der Waals surface area (Å²) in [5, 5.41) is 9.47. The van der Waals surface area contributed by atoms with E-state index in [9.17, 15) is 4.79 Å². The van der Waals surface area contributed by atoms with Crippen LogP contribution in [-0.2, 0) is 11.3 Å². The Balaban J connectivity index is 0.00000576. The zero-order valence-electron chi connectivity index (χ0n) is 15.7. The lowest BCUT2D eigenvalue weighted by Gasteiger charge is -2.22. The van der Waals surface area contributed by atoms with Crippen molar-refractivity contribution in [1.29, 1.82) is 0 Å². The number of thiophene rings is 1. The number of nitrogens with zero attached hydrogens (tertiary/aromatic N) is 1. The van der Waals surface area contributed by atoms with Gasteiger partial charge in [0.15, 0.2) is 5.96 Å². The van der Waals surface area contributed by atoms with Gasteiger partial charge in [-0.25, -0.2) is 4.79 Å². The molecule has 0 saturated heterocycles. The molecule has 0 saturated carbocycles. The lowest BCUT2D eigenvalue weighted by Crippen LogP contribution is -2.47. The number of hydrogen-bond donors (Lipinski definition) is 3. The van der Waals surface area contributed by atoms with Crippen LogP contribution in [0.25, 0.3) is 0 Å². The third-order valence-electron chi connectivity index (χ3n) is 3.32. The van der Waals surface area contributed by atoms with E-state index in [1.165, 1.54) is 9.75 Å². The van der Waals surface area contributed by atoms with Gasteiger partial charge in [0.25, 0.3) is 0 Å². The van der Waals surface area contributed by atoms with E-state index >= 15 is 0 Å². The molecule has 1 aromatic rings. The quantitative estimate of drug-likeness (QED) is 0.301. The highest BCUT2D eigenvalue weighted by Crippen LogP contribution is 2.14. The predicted octanol–water partition coefficient (Wildman–Crippen LogP) is 3.50. The summed E-state index contributed by atoms with van der Waals surface area (Å²) >= 11 is 1.77. The van der Waals surface area contributed by atoms with Gasteiger partial charge in [0, 0.05) is 29.4 Å². The molecule has 3 N–H and O–H groups in total. The van der Waals surface area contributed by atoms with E-state index in [-0.39, 0.29) is 36.1 Å². The van der Waals surface area contributed by atoms with Gasteiger partial charge < -0.3 is 20.7 Å². The first-order valence-electron chi connectivity index (χ1n) is 8.37. The third kappa shape index (κ3) is 10.5. The molecule has 0 aliphatic rings. The Morgan fingerprint density at radius 1 is 1.32 bits per heavy atom. The number of carbonyl (C=O) groups is 1. The summed E-state index contributed by atoms with van der Waals surface area (Å²) in [6.45, 7) is 9.86. The summed E-state index contributed by atoms with van der Waals surface area (Å²) < 4.78 is 4.97. The number of guanidine groups is 1. The number of aliphatic imine (C=N–C) groups is 1. The zero-order chi connectivity index (χ0) is 17.9. The van der Waals surface area contributed by atoms with Crippen LogP contribution in [0.1, 0.15) is 36.9 Å². The first kappa shape index (κ1) is 24.0. The zero-order valence-corrected chi connectivity index (χ0v) is 18.9. The van der Waals surface area contributed by atoms with E-state index in [0.29, 0.717) is 19.1 Å². The van der Waals surface area contributed by atoms with Gasteiger partial charge in [0.05, 0.1) is 13.2 Å². The van der Waals surface area contributed by atoms with Crippen molar-refractivity contribution in [3.05, 3.63) is 21.9 Å². The molecular weight excluding hydrogens is 451 g/mol. The van der Waals surface area contributed by atoms with Gasteiger partial charge in [0.2, 0.25) is 0 Å². The number of aryl methyl sites for hydroxylation is 1. The topological polar surface area (TPSA) is 74.8 Å². The van der Waals surface area contributed by atoms with Crippen LogP contribution in [0.15, 0.2) is 17.1 Å². The molecular formula is C17H31IN4O2S. The number of nitrogens with one attached hydrogen (secondary N) is 3. The van der Waals surface area contributed by atoms with Crippen LogP contribution in [-0.4, -0.2) is 38.3 Å². The smallest absolute Gasteiger partial charge is 0.407 e. The Morgan fingerprint density at radius 2 is 2.04 bits per heavy atom. The molecule has 0 aromatic carbocycles. The summed E-state index contributed by atoms with van der Waals surface area (Å²) in [4.78, 5) is 18.4. The first-order valence-corrected chi connectivity index (χ1v) is 9.19. The fourth-order valence-electron chi connectivity index (χ4n) is 2.29. The molecule has 144 valence electrons. The molecule has 1 amide bonds. The number of rotatable bonds is 8. The molecule has 1 aromatic heterocycles. The number of hydrogen-bond acceptors (Lipinski definition) is 4. The van der Waals surface area contributed by atoms with Gasteiger partial charge in [-0.05, 0) is 38.3 Å². The SMILES string of the molecule is CCOC(=O)NC(CNC(=NC)NCc1ccc(C)s1)CC(C)C.I. The van der Waals surface area contributed by atoms with Crippen LogP contribution >= 0.6 is 35.3 Å². The lowest BCUT2D eigenvalue weighted by molar-refractivity contribution is 0.146. The molecule has 1 unspecified atom stereocenters. The molecule has 1 rings (SSSR count). The maximum absolute atomic E-state index is 11.7. The van der Waals surface area contributed by atoms with Gasteiger partial charge in [-0.3, -0.25) is 4.99 Å². The summed E-state index contributed by atoms with van der Waals surface area (Å²) in [6, 6.07) is 4.22. The van der Waals surface area contributed by atoms with Gasteiger partial charge in [-0.2, -0.15) is 0 Å². The Bertz CT molecular complexity index is 534. The van der Waals surface area contributed by atoms with Gasteiger partial charge >= 0.3 is 6.09 Å². The van der Waals surface area contributed by atoms with Crippen molar-refractivity contribution in [3.63, 3.8) is 0 Å². The second-order valence-electron chi connectivity index (χ2n) is 6.01. The monoisotopic (exact) mass is 482 g/mol. The highest BCUT2D eigenvalue weighted by molar-refractivity contribution is 14.0. The van der Waals surface area contributed by atoms with Gasteiger partial charge in [0.1, 0.15) is 0 Å². The van der Waals surface area contributed by atoms with E-state index in [2.05, 4.69) is 53.8 Å². The minimum atomic E-state index is -0.373. The van der Waals surface area contributed by atoms with Crippen molar-refractivity contribution in [3.8, 4) is 0 Å². The highest BCUT2D eigenvalue weighted by Gasteiger charge is 2.15. The Kier molecular flexibility index (Phi) is 12.7. The molecule has 0 aliphatic carbocycles. The van der Waals surface area contributed by atoms with Crippen LogP contribution in [0.5, 0.6) is 0 Å². The largest absolute Gasteiger partial charge is 0.450 e. The molecule has 1 atom stereocenters. The first-order chi connectivity index (χ1) is 11.4. The Hall–Kier alpha value is -1.03. The summed E-state index contributed by atoms with van der Waals surface area (Å²) in [5.41, 5.74) is 0. The Labute approximate surface area is 172 Å². The van der Waals surface area contributed by atoms with E-state index in [0.717, 1.165) is 18.9 Å². The molecule has 0 aliphatic heterocycles. The number of alkyl carbamates (subject to hydrolysis) is 1. The molecule has 1 heterocycles. The average Bonchev–Trinajstić information content (AvgIpc) is 2.92. The summed E-state index contributed by atoms with van der Waals surface area (Å²) in [6.07, 6.45) is 0.495. The van der Waals surface area contributed by atoms with Crippen molar-refractivity contribution in [2.45, 2.75) is 46.7 Å². The standard InChI is InChI=1S/C17H30N4O2S.HI/c1-6-23-17(22)21-14(9-12(2)3)10-19-16(18-5)20-11-15-8-7-13(4)24-15;/h7-8,12,14H,6,9-11H2,1-5H3,(H,21,22)(H2,18,19,20);1H. The maximum Gasteiger partial charge on any atom is 0.407 e. The van der Waals surface area contributed by atoms with E-state index < -0.39 is 0 Å². The van der Waals surface area contributed by atoms with Crippen molar-refractivity contribution in [1.82, 2.24) is 16.0 Å².